The topological polar surface area (TPSA) is 49.4 Å². The Morgan fingerprint density at radius 1 is 1.25 bits per heavy atom. The number of hydrogen-bond donors (Lipinski definition) is 1. The second-order valence-electron chi connectivity index (χ2n) is 6.46. The molecule has 2 amide bonds. The van der Waals surface area contributed by atoms with Crippen LogP contribution in [0, 0.1) is 5.41 Å². The Kier molecular flexibility index (Phi) is 4.84. The molecule has 4 heteroatoms. The summed E-state index contributed by atoms with van der Waals surface area (Å²) in [7, 11) is 0. The molecule has 0 radical (unpaired) electrons. The quantitative estimate of drug-likeness (QED) is 0.695. The maximum absolute atomic E-state index is 12.4. The highest BCUT2D eigenvalue weighted by Crippen LogP contribution is 2.49. The van der Waals surface area contributed by atoms with Gasteiger partial charge in [0, 0.05) is 12.6 Å². The van der Waals surface area contributed by atoms with Crippen LogP contribution in [0.5, 0.6) is 0 Å². The third kappa shape index (κ3) is 3.05. The summed E-state index contributed by atoms with van der Waals surface area (Å²) in [6.45, 7) is 7.17. The van der Waals surface area contributed by atoms with Gasteiger partial charge < -0.3 is 5.32 Å². The van der Waals surface area contributed by atoms with Crippen molar-refractivity contribution in [2.75, 3.05) is 6.54 Å². The molecule has 2 fully saturated rings. The van der Waals surface area contributed by atoms with E-state index in [0.29, 0.717) is 11.8 Å². The number of nitrogens with one attached hydrogen (secondary N) is 1. The molecule has 1 unspecified atom stereocenters. The monoisotopic (exact) mass is 280 g/mol. The molecule has 0 spiro atoms. The van der Waals surface area contributed by atoms with Crippen molar-refractivity contribution in [1.29, 1.82) is 0 Å². The lowest BCUT2D eigenvalue weighted by atomic mass is 10.0. The highest BCUT2D eigenvalue weighted by atomic mass is 16.2. The van der Waals surface area contributed by atoms with Gasteiger partial charge in [0.2, 0.25) is 11.8 Å². The van der Waals surface area contributed by atoms with Crippen molar-refractivity contribution in [2.24, 2.45) is 5.41 Å². The molecule has 0 aromatic heterocycles. The number of amides is 2. The zero-order chi connectivity index (χ0) is 14.8. The lowest BCUT2D eigenvalue weighted by Gasteiger charge is -2.24. The predicted molar refractivity (Wildman–Crippen MR) is 79.2 cm³/mol. The first-order chi connectivity index (χ1) is 9.56. The van der Waals surface area contributed by atoms with E-state index in [4.69, 9.17) is 0 Å². The summed E-state index contributed by atoms with van der Waals surface area (Å²) in [4.78, 5) is 26.0. The van der Waals surface area contributed by atoms with E-state index < -0.39 is 0 Å². The molecular formula is C16H28N2O2. The van der Waals surface area contributed by atoms with Crippen LogP contribution in [-0.2, 0) is 9.59 Å². The fourth-order valence-corrected chi connectivity index (χ4v) is 3.41. The average Bonchev–Trinajstić information content (AvgIpc) is 3.14. The molecule has 1 heterocycles. The molecule has 1 aliphatic heterocycles. The number of likely N-dealkylation sites (tertiary alicyclic amines) is 1. The molecule has 20 heavy (non-hydrogen) atoms. The minimum atomic E-state index is -0.280. The molecule has 0 aromatic rings. The lowest BCUT2D eigenvalue weighted by molar-refractivity contribution is -0.141. The summed E-state index contributed by atoms with van der Waals surface area (Å²) in [5, 5.41) is 3.37. The summed E-state index contributed by atoms with van der Waals surface area (Å²) >= 11 is 0. The van der Waals surface area contributed by atoms with Crippen LogP contribution < -0.4 is 5.32 Å². The van der Waals surface area contributed by atoms with Crippen LogP contribution in [-0.4, -0.2) is 35.3 Å². The minimum absolute atomic E-state index is 0.00142. The number of imide groups is 1. The van der Waals surface area contributed by atoms with Crippen molar-refractivity contribution in [1.82, 2.24) is 10.2 Å². The molecular weight excluding hydrogens is 252 g/mol. The number of carbonyl (C=O) groups excluding carboxylic acids is 2. The molecule has 1 atom stereocenters. The molecule has 1 saturated carbocycles. The fourth-order valence-electron chi connectivity index (χ4n) is 3.41. The minimum Gasteiger partial charge on any atom is -0.305 e. The number of rotatable bonds is 8. The maximum atomic E-state index is 12.4. The fraction of sp³-hybridized carbons (Fsp3) is 0.875. The SMILES string of the molecule is CCCC1(CNC2CC(=O)N(C(CC)CC)C2=O)CC1. The summed E-state index contributed by atoms with van der Waals surface area (Å²) < 4.78 is 0. The highest BCUT2D eigenvalue weighted by molar-refractivity contribution is 6.05. The molecule has 1 N–H and O–H groups in total. The predicted octanol–water partition coefficient (Wildman–Crippen LogP) is 2.47. The molecule has 114 valence electrons. The van der Waals surface area contributed by atoms with Crippen molar-refractivity contribution in [3.63, 3.8) is 0 Å². The van der Waals surface area contributed by atoms with E-state index in [1.54, 1.807) is 0 Å². The lowest BCUT2D eigenvalue weighted by Crippen LogP contribution is -2.44. The number of hydrogen-bond acceptors (Lipinski definition) is 3. The van der Waals surface area contributed by atoms with Crippen molar-refractivity contribution in [3.05, 3.63) is 0 Å². The maximum Gasteiger partial charge on any atom is 0.247 e. The van der Waals surface area contributed by atoms with E-state index in [0.717, 1.165) is 19.4 Å². The third-order valence-corrected chi connectivity index (χ3v) is 4.95. The van der Waals surface area contributed by atoms with Crippen LogP contribution in [0.4, 0.5) is 0 Å². The number of carbonyl (C=O) groups is 2. The first-order valence-corrected chi connectivity index (χ1v) is 8.16. The van der Waals surface area contributed by atoms with Gasteiger partial charge >= 0.3 is 0 Å². The van der Waals surface area contributed by atoms with Gasteiger partial charge in [-0.05, 0) is 37.5 Å². The van der Waals surface area contributed by atoms with Crippen LogP contribution in [0.15, 0.2) is 0 Å². The second kappa shape index (κ2) is 6.25. The van der Waals surface area contributed by atoms with Crippen LogP contribution in [0.2, 0.25) is 0 Å². The van der Waals surface area contributed by atoms with E-state index >= 15 is 0 Å². The Morgan fingerprint density at radius 2 is 1.90 bits per heavy atom. The number of nitrogens with zero attached hydrogens (tertiary/aromatic N) is 1. The second-order valence-corrected chi connectivity index (χ2v) is 6.46. The van der Waals surface area contributed by atoms with Gasteiger partial charge in [-0.1, -0.05) is 27.2 Å². The summed E-state index contributed by atoms with van der Waals surface area (Å²) in [5.41, 5.74) is 0.417. The van der Waals surface area contributed by atoms with E-state index in [9.17, 15) is 9.59 Å². The van der Waals surface area contributed by atoms with Gasteiger partial charge in [-0.25, -0.2) is 0 Å². The zero-order valence-corrected chi connectivity index (χ0v) is 13.1. The molecule has 2 rings (SSSR count). The molecule has 1 saturated heterocycles. The van der Waals surface area contributed by atoms with E-state index in [2.05, 4.69) is 12.2 Å². The average molecular weight is 280 g/mol. The Labute approximate surface area is 122 Å². The first-order valence-electron chi connectivity index (χ1n) is 8.16. The summed E-state index contributed by atoms with van der Waals surface area (Å²) in [5.74, 6) is -0.00228. The normalized spacial score (nSPS) is 24.8. The first kappa shape index (κ1) is 15.5. The zero-order valence-electron chi connectivity index (χ0n) is 13.1. The Balaban J connectivity index is 1.91. The van der Waals surface area contributed by atoms with Gasteiger partial charge in [0.15, 0.2) is 0 Å². The van der Waals surface area contributed by atoms with Crippen LogP contribution in [0.3, 0.4) is 0 Å². The van der Waals surface area contributed by atoms with E-state index in [1.165, 1.54) is 30.6 Å². The van der Waals surface area contributed by atoms with Crippen molar-refractivity contribution in [2.45, 2.75) is 77.8 Å². The standard InChI is InChI=1S/C16H28N2O2/c1-4-7-16(8-9-16)11-17-13-10-14(19)18(15(13)20)12(5-2)6-3/h12-13,17H,4-11H2,1-3H3. The van der Waals surface area contributed by atoms with Gasteiger partial charge in [-0.2, -0.15) is 0 Å². The molecule has 0 aromatic carbocycles. The summed E-state index contributed by atoms with van der Waals surface area (Å²) in [6, 6.07) is -0.204. The van der Waals surface area contributed by atoms with Crippen LogP contribution >= 0.6 is 0 Å². The van der Waals surface area contributed by atoms with Gasteiger partial charge in [-0.15, -0.1) is 0 Å². The Bertz CT molecular complexity index is 373. The largest absolute Gasteiger partial charge is 0.305 e. The molecule has 4 nitrogen and oxygen atoms in total. The van der Waals surface area contributed by atoms with Crippen molar-refractivity contribution in [3.8, 4) is 0 Å². The van der Waals surface area contributed by atoms with Gasteiger partial charge in [0.1, 0.15) is 0 Å². The Morgan fingerprint density at radius 3 is 2.40 bits per heavy atom. The molecule has 2 aliphatic rings. The third-order valence-electron chi connectivity index (χ3n) is 4.95. The van der Waals surface area contributed by atoms with E-state index in [1.807, 2.05) is 13.8 Å². The van der Waals surface area contributed by atoms with Gasteiger partial charge in [0.25, 0.3) is 0 Å². The van der Waals surface area contributed by atoms with Gasteiger partial charge in [0.05, 0.1) is 12.5 Å². The van der Waals surface area contributed by atoms with E-state index in [-0.39, 0.29) is 23.9 Å². The summed E-state index contributed by atoms with van der Waals surface area (Å²) in [6.07, 6.45) is 6.99. The van der Waals surface area contributed by atoms with Crippen molar-refractivity contribution >= 4 is 11.8 Å². The van der Waals surface area contributed by atoms with Crippen LogP contribution in [0.25, 0.3) is 0 Å². The smallest absolute Gasteiger partial charge is 0.247 e. The molecule has 1 aliphatic carbocycles. The van der Waals surface area contributed by atoms with Crippen LogP contribution in [0.1, 0.15) is 65.7 Å². The van der Waals surface area contributed by atoms with Gasteiger partial charge in [-0.3, -0.25) is 14.5 Å². The highest BCUT2D eigenvalue weighted by Gasteiger charge is 2.45. The van der Waals surface area contributed by atoms with Crippen molar-refractivity contribution < 1.29 is 9.59 Å². The Hall–Kier alpha value is -0.900. The molecule has 0 bridgehead atoms.